The highest BCUT2D eigenvalue weighted by atomic mass is 35.5. The van der Waals surface area contributed by atoms with Gasteiger partial charge in [-0.15, -0.1) is 0 Å². The van der Waals surface area contributed by atoms with Gasteiger partial charge in [-0.1, -0.05) is 48.0 Å². The molecule has 1 atom stereocenters. The third-order valence-electron chi connectivity index (χ3n) is 3.55. The first-order valence-electron chi connectivity index (χ1n) is 7.33. The lowest BCUT2D eigenvalue weighted by atomic mass is 10.2. The molecule has 0 aromatic heterocycles. The summed E-state index contributed by atoms with van der Waals surface area (Å²) >= 11 is 6.24. The topological polar surface area (TPSA) is 26.3 Å². The Kier molecular flexibility index (Phi) is 5.21. The number of hydrogen-bond donors (Lipinski definition) is 1. The summed E-state index contributed by atoms with van der Waals surface area (Å²) in [5, 5.41) is 4.95. The first-order valence-corrected chi connectivity index (χ1v) is 9.19. The molecule has 0 aliphatic carbocycles. The summed E-state index contributed by atoms with van der Waals surface area (Å²) in [4.78, 5) is 11.8. The van der Waals surface area contributed by atoms with Crippen LogP contribution in [0, 0.1) is 0 Å². The van der Waals surface area contributed by atoms with E-state index in [1.807, 2.05) is 54.6 Å². The number of aldehydes is 1. The zero-order valence-corrected chi connectivity index (χ0v) is 14.1. The van der Waals surface area contributed by atoms with E-state index in [0.717, 1.165) is 28.1 Å². The van der Waals surface area contributed by atoms with Crippen LogP contribution in [0.3, 0.4) is 0 Å². The first kappa shape index (κ1) is 15.9. The van der Waals surface area contributed by atoms with Gasteiger partial charge in [-0.2, -0.15) is 10.9 Å². The standard InChI is InChI=1S/C19H17ClO2S/c20-19-12-18(7-6-16(19)8-10-21)23-11-9-17(14-23)22-13-15-4-2-1-3-5-15/h1-7,9-12,14,23H,8,13H2. The lowest BCUT2D eigenvalue weighted by Gasteiger charge is -2.12. The van der Waals surface area contributed by atoms with Crippen molar-refractivity contribution in [3.05, 3.63) is 87.3 Å². The predicted octanol–water partition coefficient (Wildman–Crippen LogP) is 5.03. The van der Waals surface area contributed by atoms with Gasteiger partial charge in [0.1, 0.15) is 18.7 Å². The van der Waals surface area contributed by atoms with Gasteiger partial charge in [-0.25, -0.2) is 0 Å². The molecule has 4 heteroatoms. The number of hydrogen-bond acceptors (Lipinski definition) is 2. The molecule has 1 heterocycles. The van der Waals surface area contributed by atoms with Crippen LogP contribution in [0.15, 0.2) is 76.1 Å². The number of allylic oxidation sites excluding steroid dienone is 1. The van der Waals surface area contributed by atoms with Crippen LogP contribution in [-0.4, -0.2) is 6.29 Å². The maximum Gasteiger partial charge on any atom is 0.125 e. The lowest BCUT2D eigenvalue weighted by molar-refractivity contribution is -0.107. The van der Waals surface area contributed by atoms with Gasteiger partial charge >= 0.3 is 0 Å². The summed E-state index contributed by atoms with van der Waals surface area (Å²) < 4.78 is 5.84. The lowest BCUT2D eigenvalue weighted by Crippen LogP contribution is -1.90. The molecule has 0 N–H and O–H groups in total. The van der Waals surface area contributed by atoms with E-state index in [1.165, 1.54) is 0 Å². The SMILES string of the molecule is O=CCc1ccc([SH]2C=CC(OCc3ccccc3)=C2)cc1Cl. The number of rotatable bonds is 6. The molecular formula is C19H17ClO2S. The largest absolute Gasteiger partial charge is 0.488 e. The number of benzene rings is 2. The molecule has 0 radical (unpaired) electrons. The Balaban J connectivity index is 1.66. The molecule has 1 aliphatic rings. The van der Waals surface area contributed by atoms with Crippen LogP contribution in [0.5, 0.6) is 0 Å². The molecule has 0 saturated carbocycles. The molecule has 0 spiro atoms. The summed E-state index contributed by atoms with van der Waals surface area (Å²) in [6, 6.07) is 16.0. The highest BCUT2D eigenvalue weighted by molar-refractivity contribution is 8.22. The van der Waals surface area contributed by atoms with Crippen molar-refractivity contribution in [3.8, 4) is 0 Å². The number of carbonyl (C=O) groups is 1. The molecule has 2 nitrogen and oxygen atoms in total. The predicted molar refractivity (Wildman–Crippen MR) is 96.9 cm³/mol. The average molecular weight is 345 g/mol. The Morgan fingerprint density at radius 1 is 1.13 bits per heavy atom. The van der Waals surface area contributed by atoms with Crippen LogP contribution in [0.4, 0.5) is 0 Å². The normalized spacial score (nSPS) is 17.8. The van der Waals surface area contributed by atoms with Crippen LogP contribution in [0.2, 0.25) is 5.02 Å². The van der Waals surface area contributed by atoms with Crippen molar-refractivity contribution < 1.29 is 9.53 Å². The Hall–Kier alpha value is -1.97. The molecule has 2 aromatic carbocycles. The maximum absolute atomic E-state index is 10.6. The van der Waals surface area contributed by atoms with Crippen molar-refractivity contribution >= 4 is 28.8 Å². The molecule has 2 aromatic rings. The Bertz CT molecular complexity index is 753. The second-order valence-corrected chi connectivity index (χ2v) is 7.47. The van der Waals surface area contributed by atoms with Gasteiger partial charge in [0.25, 0.3) is 0 Å². The highest BCUT2D eigenvalue weighted by Gasteiger charge is 2.11. The van der Waals surface area contributed by atoms with E-state index in [2.05, 4.69) is 10.8 Å². The third-order valence-corrected chi connectivity index (χ3v) is 5.78. The van der Waals surface area contributed by atoms with Gasteiger partial charge in [-0.05, 0) is 39.6 Å². The van der Waals surface area contributed by atoms with Crippen LogP contribution >= 0.6 is 22.5 Å². The third kappa shape index (κ3) is 4.06. The minimum Gasteiger partial charge on any atom is -0.488 e. The van der Waals surface area contributed by atoms with E-state index < -0.39 is 10.9 Å². The van der Waals surface area contributed by atoms with Gasteiger partial charge in [0, 0.05) is 16.9 Å². The minimum atomic E-state index is -0.538. The first-order chi connectivity index (χ1) is 11.3. The van der Waals surface area contributed by atoms with Crippen molar-refractivity contribution in [2.24, 2.45) is 0 Å². The molecule has 0 amide bonds. The summed E-state index contributed by atoms with van der Waals surface area (Å²) in [5.74, 6) is 0.896. The van der Waals surface area contributed by atoms with Crippen LogP contribution < -0.4 is 0 Å². The van der Waals surface area contributed by atoms with E-state index in [1.54, 1.807) is 0 Å². The van der Waals surface area contributed by atoms with E-state index in [-0.39, 0.29) is 0 Å². The summed E-state index contributed by atoms with van der Waals surface area (Å²) in [7, 11) is -0.538. The molecule has 1 unspecified atom stereocenters. The fraction of sp³-hybridized carbons (Fsp3) is 0.105. The Morgan fingerprint density at radius 3 is 2.70 bits per heavy atom. The highest BCUT2D eigenvalue weighted by Crippen LogP contribution is 2.45. The summed E-state index contributed by atoms with van der Waals surface area (Å²) in [5.41, 5.74) is 2.02. The maximum atomic E-state index is 10.6. The second-order valence-electron chi connectivity index (χ2n) is 5.18. The average Bonchev–Trinajstić information content (AvgIpc) is 3.05. The van der Waals surface area contributed by atoms with E-state index in [9.17, 15) is 4.79 Å². The molecule has 0 saturated heterocycles. The molecule has 0 bridgehead atoms. The molecule has 23 heavy (non-hydrogen) atoms. The quantitative estimate of drug-likeness (QED) is 0.587. The van der Waals surface area contributed by atoms with E-state index in [0.29, 0.717) is 18.1 Å². The fourth-order valence-electron chi connectivity index (χ4n) is 2.32. The van der Waals surface area contributed by atoms with Crippen LogP contribution in [0.1, 0.15) is 11.1 Å². The van der Waals surface area contributed by atoms with Crippen molar-refractivity contribution in [3.63, 3.8) is 0 Å². The molecule has 0 fully saturated rings. The van der Waals surface area contributed by atoms with Crippen LogP contribution in [-0.2, 0) is 22.6 Å². The zero-order chi connectivity index (χ0) is 16.1. The Morgan fingerprint density at radius 2 is 1.96 bits per heavy atom. The monoisotopic (exact) mass is 344 g/mol. The van der Waals surface area contributed by atoms with Gasteiger partial charge in [0.15, 0.2) is 0 Å². The molecule has 3 rings (SSSR count). The number of halogens is 1. The minimum absolute atomic E-state index is 0.355. The Labute approximate surface area is 143 Å². The van der Waals surface area contributed by atoms with Gasteiger partial charge in [-0.3, -0.25) is 0 Å². The van der Waals surface area contributed by atoms with Gasteiger partial charge < -0.3 is 9.53 Å². The van der Waals surface area contributed by atoms with Crippen LogP contribution in [0.25, 0.3) is 0 Å². The zero-order valence-electron chi connectivity index (χ0n) is 12.5. The molecule has 118 valence electrons. The van der Waals surface area contributed by atoms with Crippen molar-refractivity contribution in [1.29, 1.82) is 0 Å². The smallest absolute Gasteiger partial charge is 0.125 e. The molecule has 1 aliphatic heterocycles. The van der Waals surface area contributed by atoms with Crippen molar-refractivity contribution in [1.82, 2.24) is 0 Å². The number of carbonyl (C=O) groups excluding carboxylic acids is 1. The molecular weight excluding hydrogens is 328 g/mol. The number of thiol groups is 1. The number of ether oxygens (including phenoxy) is 1. The van der Waals surface area contributed by atoms with Crippen molar-refractivity contribution in [2.45, 2.75) is 17.9 Å². The van der Waals surface area contributed by atoms with Crippen molar-refractivity contribution in [2.75, 3.05) is 0 Å². The fourth-order valence-corrected chi connectivity index (χ4v) is 4.32. The van der Waals surface area contributed by atoms with E-state index >= 15 is 0 Å². The van der Waals surface area contributed by atoms with Gasteiger partial charge in [0.2, 0.25) is 0 Å². The summed E-state index contributed by atoms with van der Waals surface area (Å²) in [6.45, 7) is 0.569. The van der Waals surface area contributed by atoms with Gasteiger partial charge in [0.05, 0.1) is 0 Å². The summed E-state index contributed by atoms with van der Waals surface area (Å²) in [6.07, 6.45) is 3.24. The second kappa shape index (κ2) is 7.53. The van der Waals surface area contributed by atoms with E-state index in [4.69, 9.17) is 16.3 Å².